The predicted octanol–water partition coefficient (Wildman–Crippen LogP) is 2.39. The number of benzene rings is 2. The second-order valence-electron chi connectivity index (χ2n) is 6.51. The van der Waals surface area contributed by atoms with Gasteiger partial charge < -0.3 is 14.5 Å². The van der Waals surface area contributed by atoms with Crippen molar-refractivity contribution in [1.82, 2.24) is 4.90 Å². The fourth-order valence-electron chi connectivity index (χ4n) is 3.50. The number of anilines is 1. The summed E-state index contributed by atoms with van der Waals surface area (Å²) in [6.07, 6.45) is 0.161. The van der Waals surface area contributed by atoms with Crippen LogP contribution in [0.3, 0.4) is 0 Å². The zero-order chi connectivity index (χ0) is 17.4. The molecule has 0 saturated carbocycles. The van der Waals surface area contributed by atoms with Gasteiger partial charge in [0.15, 0.2) is 6.10 Å². The first-order valence-electron chi connectivity index (χ1n) is 8.51. The lowest BCUT2D eigenvalue weighted by Crippen LogP contribution is -2.47. The molecule has 1 unspecified atom stereocenters. The van der Waals surface area contributed by atoms with E-state index >= 15 is 0 Å². The smallest absolute Gasteiger partial charge is 0.268 e. The molecule has 0 N–H and O–H groups in total. The third-order valence-corrected chi connectivity index (χ3v) is 4.95. The average molecular weight is 336 g/mol. The molecule has 0 fully saturated rings. The number of para-hydroxylation sites is 2. The molecular weight excluding hydrogens is 316 g/mol. The Morgan fingerprint density at radius 3 is 2.68 bits per heavy atom. The Morgan fingerprint density at radius 1 is 1.12 bits per heavy atom. The van der Waals surface area contributed by atoms with Crippen molar-refractivity contribution in [3.63, 3.8) is 0 Å². The van der Waals surface area contributed by atoms with Gasteiger partial charge in [0, 0.05) is 20.1 Å². The van der Waals surface area contributed by atoms with Gasteiger partial charge in [-0.25, -0.2) is 0 Å². The van der Waals surface area contributed by atoms with Gasteiger partial charge in [0.1, 0.15) is 5.75 Å². The summed E-state index contributed by atoms with van der Waals surface area (Å²) in [5, 5.41) is 0. The van der Waals surface area contributed by atoms with Crippen LogP contribution in [0, 0.1) is 0 Å². The molecular formula is C20H20N2O3. The van der Waals surface area contributed by atoms with Crippen molar-refractivity contribution in [2.24, 2.45) is 0 Å². The number of fused-ring (bicyclic) bond motifs is 2. The van der Waals surface area contributed by atoms with Gasteiger partial charge in [-0.3, -0.25) is 9.59 Å². The fraction of sp³-hybridized carbons (Fsp3) is 0.300. The minimum absolute atomic E-state index is 0.0411. The first-order valence-corrected chi connectivity index (χ1v) is 8.51. The zero-order valence-corrected chi connectivity index (χ0v) is 14.1. The summed E-state index contributed by atoms with van der Waals surface area (Å²) in [6, 6.07) is 15.6. The van der Waals surface area contributed by atoms with Gasteiger partial charge in [-0.15, -0.1) is 0 Å². The van der Waals surface area contributed by atoms with Crippen molar-refractivity contribution in [3.8, 4) is 5.75 Å². The van der Waals surface area contributed by atoms with E-state index in [4.69, 9.17) is 4.74 Å². The Bertz CT molecular complexity index is 833. The van der Waals surface area contributed by atoms with E-state index in [1.54, 1.807) is 11.9 Å². The highest BCUT2D eigenvalue weighted by Gasteiger charge is 2.35. The Balaban J connectivity index is 1.48. The van der Waals surface area contributed by atoms with Gasteiger partial charge in [-0.2, -0.15) is 0 Å². The minimum Gasteiger partial charge on any atom is -0.478 e. The van der Waals surface area contributed by atoms with Crippen LogP contribution in [-0.4, -0.2) is 36.4 Å². The highest BCUT2D eigenvalue weighted by atomic mass is 16.5. The second-order valence-corrected chi connectivity index (χ2v) is 6.51. The number of ether oxygens (including phenoxy) is 1. The molecule has 2 aromatic carbocycles. The molecule has 0 aliphatic carbocycles. The van der Waals surface area contributed by atoms with Gasteiger partial charge in [0.05, 0.1) is 12.1 Å². The van der Waals surface area contributed by atoms with Crippen molar-refractivity contribution in [2.75, 3.05) is 18.5 Å². The van der Waals surface area contributed by atoms with Crippen LogP contribution in [0.25, 0.3) is 0 Å². The molecule has 0 aromatic heterocycles. The van der Waals surface area contributed by atoms with Gasteiger partial charge in [-0.1, -0.05) is 36.4 Å². The molecule has 0 saturated heterocycles. The first kappa shape index (κ1) is 15.7. The molecule has 5 nitrogen and oxygen atoms in total. The summed E-state index contributed by atoms with van der Waals surface area (Å²) in [5.41, 5.74) is 3.22. The Morgan fingerprint density at radius 2 is 1.84 bits per heavy atom. The first-order chi connectivity index (χ1) is 12.1. The monoisotopic (exact) mass is 336 g/mol. The summed E-state index contributed by atoms with van der Waals surface area (Å²) in [4.78, 5) is 28.6. The molecule has 2 amide bonds. The van der Waals surface area contributed by atoms with Crippen LogP contribution in [-0.2, 0) is 22.6 Å². The Labute approximate surface area is 146 Å². The summed E-state index contributed by atoms with van der Waals surface area (Å²) >= 11 is 0. The van der Waals surface area contributed by atoms with Gasteiger partial charge in [0.2, 0.25) is 5.91 Å². The van der Waals surface area contributed by atoms with E-state index in [9.17, 15) is 9.59 Å². The quantitative estimate of drug-likeness (QED) is 0.846. The molecule has 2 aromatic rings. The lowest BCUT2D eigenvalue weighted by atomic mass is 9.99. The maximum absolute atomic E-state index is 12.7. The molecule has 1 atom stereocenters. The Hall–Kier alpha value is -2.82. The zero-order valence-electron chi connectivity index (χ0n) is 14.1. The van der Waals surface area contributed by atoms with Crippen LogP contribution < -0.4 is 9.64 Å². The molecule has 0 spiro atoms. The topological polar surface area (TPSA) is 49.9 Å². The van der Waals surface area contributed by atoms with E-state index in [2.05, 4.69) is 12.1 Å². The molecule has 2 aliphatic rings. The van der Waals surface area contributed by atoms with Crippen LogP contribution in [0.5, 0.6) is 5.75 Å². The maximum atomic E-state index is 12.7. The number of amides is 2. The highest BCUT2D eigenvalue weighted by Crippen LogP contribution is 2.33. The van der Waals surface area contributed by atoms with E-state index < -0.39 is 6.10 Å². The standard InChI is InChI=1S/C20H20N2O3/c1-21-16-8-4-5-9-17(16)25-18(20(21)24)12-19(23)22-11-10-14-6-2-3-7-15(14)13-22/h2-9,18H,10-13H2,1H3. The maximum Gasteiger partial charge on any atom is 0.268 e. The number of carbonyl (C=O) groups excluding carboxylic acids is 2. The second kappa shape index (κ2) is 6.24. The van der Waals surface area contributed by atoms with Crippen molar-refractivity contribution >= 4 is 17.5 Å². The number of nitrogens with zero attached hydrogens (tertiary/aromatic N) is 2. The van der Waals surface area contributed by atoms with Crippen molar-refractivity contribution < 1.29 is 14.3 Å². The molecule has 2 aliphatic heterocycles. The number of hydrogen-bond acceptors (Lipinski definition) is 3. The van der Waals surface area contributed by atoms with Crippen LogP contribution in [0.2, 0.25) is 0 Å². The largest absolute Gasteiger partial charge is 0.478 e. The van der Waals surface area contributed by atoms with E-state index in [1.165, 1.54) is 11.1 Å². The number of rotatable bonds is 2. The van der Waals surface area contributed by atoms with E-state index in [0.717, 1.165) is 12.1 Å². The number of likely N-dealkylation sites (N-methyl/N-ethyl adjacent to an activating group) is 1. The molecule has 0 bridgehead atoms. The summed E-state index contributed by atoms with van der Waals surface area (Å²) in [7, 11) is 1.72. The molecule has 2 heterocycles. The lowest BCUT2D eigenvalue weighted by molar-refractivity contribution is -0.138. The van der Waals surface area contributed by atoms with Crippen LogP contribution in [0.1, 0.15) is 17.5 Å². The predicted molar refractivity (Wildman–Crippen MR) is 94.4 cm³/mol. The van der Waals surface area contributed by atoms with E-state index in [-0.39, 0.29) is 18.2 Å². The third-order valence-electron chi connectivity index (χ3n) is 4.95. The van der Waals surface area contributed by atoms with Crippen molar-refractivity contribution in [2.45, 2.75) is 25.5 Å². The molecule has 0 radical (unpaired) electrons. The lowest BCUT2D eigenvalue weighted by Gasteiger charge is -2.34. The van der Waals surface area contributed by atoms with Crippen LogP contribution in [0.4, 0.5) is 5.69 Å². The van der Waals surface area contributed by atoms with E-state index in [0.29, 0.717) is 18.8 Å². The average Bonchev–Trinajstić information content (AvgIpc) is 2.65. The SMILES string of the molecule is CN1C(=O)C(CC(=O)N2CCc3ccccc3C2)Oc2ccccc21. The fourth-order valence-corrected chi connectivity index (χ4v) is 3.50. The highest BCUT2D eigenvalue weighted by molar-refractivity contribution is 6.01. The van der Waals surface area contributed by atoms with Crippen LogP contribution >= 0.6 is 0 Å². The van der Waals surface area contributed by atoms with Crippen molar-refractivity contribution in [1.29, 1.82) is 0 Å². The van der Waals surface area contributed by atoms with Gasteiger partial charge >= 0.3 is 0 Å². The summed E-state index contributed by atoms with van der Waals surface area (Å²) < 4.78 is 5.81. The van der Waals surface area contributed by atoms with Crippen molar-refractivity contribution in [3.05, 3.63) is 59.7 Å². The van der Waals surface area contributed by atoms with Crippen LogP contribution in [0.15, 0.2) is 48.5 Å². The third kappa shape index (κ3) is 2.86. The van der Waals surface area contributed by atoms with Gasteiger partial charge in [0.25, 0.3) is 5.91 Å². The Kier molecular flexibility index (Phi) is 3.92. The molecule has 5 heteroatoms. The molecule has 25 heavy (non-hydrogen) atoms. The molecule has 4 rings (SSSR count). The minimum atomic E-state index is -0.760. The summed E-state index contributed by atoms with van der Waals surface area (Å²) in [6.45, 7) is 1.28. The van der Waals surface area contributed by atoms with E-state index in [1.807, 2.05) is 41.3 Å². The molecule has 128 valence electrons. The van der Waals surface area contributed by atoms with Gasteiger partial charge in [-0.05, 0) is 29.7 Å². The number of carbonyl (C=O) groups is 2. The normalized spacial score (nSPS) is 19.1. The summed E-state index contributed by atoms with van der Waals surface area (Å²) in [5.74, 6) is 0.427. The number of hydrogen-bond donors (Lipinski definition) is 0.